The third-order valence-electron chi connectivity index (χ3n) is 2.23. The van der Waals surface area contributed by atoms with Gasteiger partial charge in [-0.25, -0.2) is 9.59 Å². The van der Waals surface area contributed by atoms with Crippen LogP contribution in [0.2, 0.25) is 0 Å². The third-order valence-corrected chi connectivity index (χ3v) is 2.23. The van der Waals surface area contributed by atoms with Gasteiger partial charge in [0.15, 0.2) is 0 Å². The van der Waals surface area contributed by atoms with Gasteiger partial charge in [0.1, 0.15) is 5.76 Å². The standard InChI is InChI=1S/C12H8O5/c13-11(14)8-4-7(10-2-1-3-17-10)5-9(6-8)12(15)16/h1-6H,(H,13,14)(H,15,16). The molecule has 0 radical (unpaired) electrons. The minimum atomic E-state index is -1.18. The molecular formula is C12H8O5. The molecule has 86 valence electrons. The fraction of sp³-hybridized carbons (Fsp3) is 0. The van der Waals surface area contributed by atoms with Crippen LogP contribution in [0.1, 0.15) is 20.7 Å². The quantitative estimate of drug-likeness (QED) is 0.847. The van der Waals surface area contributed by atoms with Crippen LogP contribution in [0.3, 0.4) is 0 Å². The highest BCUT2D eigenvalue weighted by Crippen LogP contribution is 2.23. The number of carboxylic acid groups (broad SMARTS) is 2. The predicted molar refractivity (Wildman–Crippen MR) is 58.1 cm³/mol. The Morgan fingerprint density at radius 3 is 2.00 bits per heavy atom. The molecule has 0 saturated heterocycles. The fourth-order valence-corrected chi connectivity index (χ4v) is 1.46. The highest BCUT2D eigenvalue weighted by atomic mass is 16.4. The largest absolute Gasteiger partial charge is 0.478 e. The van der Waals surface area contributed by atoms with Crippen LogP contribution < -0.4 is 0 Å². The Hall–Kier alpha value is -2.56. The van der Waals surface area contributed by atoms with Gasteiger partial charge in [-0.1, -0.05) is 0 Å². The highest BCUT2D eigenvalue weighted by Gasteiger charge is 2.13. The van der Waals surface area contributed by atoms with E-state index in [1.165, 1.54) is 18.4 Å². The Bertz CT molecular complexity index is 536. The fourth-order valence-electron chi connectivity index (χ4n) is 1.46. The minimum Gasteiger partial charge on any atom is -0.478 e. The smallest absolute Gasteiger partial charge is 0.335 e. The van der Waals surface area contributed by atoms with Crippen LogP contribution in [-0.4, -0.2) is 22.2 Å². The SMILES string of the molecule is O=C(O)c1cc(C(=O)O)cc(-c2ccco2)c1. The molecule has 1 aromatic heterocycles. The topological polar surface area (TPSA) is 87.7 Å². The van der Waals surface area contributed by atoms with Crippen molar-refractivity contribution in [3.05, 3.63) is 47.7 Å². The van der Waals surface area contributed by atoms with Crippen molar-refractivity contribution in [3.63, 3.8) is 0 Å². The van der Waals surface area contributed by atoms with Crippen molar-refractivity contribution in [2.75, 3.05) is 0 Å². The number of carboxylic acids is 2. The summed E-state index contributed by atoms with van der Waals surface area (Å²) < 4.78 is 5.10. The van der Waals surface area contributed by atoms with Crippen LogP contribution in [0, 0.1) is 0 Å². The number of hydrogen-bond acceptors (Lipinski definition) is 3. The molecule has 0 aliphatic rings. The molecular weight excluding hydrogens is 224 g/mol. The van der Waals surface area contributed by atoms with E-state index < -0.39 is 11.9 Å². The van der Waals surface area contributed by atoms with Crippen molar-refractivity contribution in [2.24, 2.45) is 0 Å². The highest BCUT2D eigenvalue weighted by molar-refractivity contribution is 5.95. The van der Waals surface area contributed by atoms with Crippen molar-refractivity contribution < 1.29 is 24.2 Å². The van der Waals surface area contributed by atoms with Crippen LogP contribution in [0.4, 0.5) is 0 Å². The Morgan fingerprint density at radius 2 is 1.59 bits per heavy atom. The van der Waals surface area contributed by atoms with E-state index in [-0.39, 0.29) is 11.1 Å². The zero-order chi connectivity index (χ0) is 12.4. The summed E-state index contributed by atoms with van der Waals surface area (Å²) >= 11 is 0. The molecule has 5 nitrogen and oxygen atoms in total. The summed E-state index contributed by atoms with van der Waals surface area (Å²) in [6.45, 7) is 0. The monoisotopic (exact) mass is 232 g/mol. The van der Waals surface area contributed by atoms with Gasteiger partial charge in [-0.05, 0) is 30.3 Å². The molecule has 1 aromatic carbocycles. The van der Waals surface area contributed by atoms with Gasteiger partial charge < -0.3 is 14.6 Å². The number of rotatable bonds is 3. The molecule has 5 heteroatoms. The van der Waals surface area contributed by atoms with Crippen LogP contribution in [0.15, 0.2) is 41.0 Å². The number of furan rings is 1. The maximum absolute atomic E-state index is 10.9. The maximum atomic E-state index is 10.9. The zero-order valence-electron chi connectivity index (χ0n) is 8.58. The van der Waals surface area contributed by atoms with E-state index in [2.05, 4.69) is 0 Å². The average molecular weight is 232 g/mol. The van der Waals surface area contributed by atoms with E-state index in [1.807, 2.05) is 0 Å². The lowest BCUT2D eigenvalue weighted by Crippen LogP contribution is -2.02. The molecule has 0 saturated carbocycles. The third kappa shape index (κ3) is 2.17. The van der Waals surface area contributed by atoms with Gasteiger partial charge >= 0.3 is 11.9 Å². The van der Waals surface area contributed by atoms with Gasteiger partial charge in [-0.2, -0.15) is 0 Å². The molecule has 0 bridgehead atoms. The predicted octanol–water partition coefficient (Wildman–Crippen LogP) is 2.34. The molecule has 0 atom stereocenters. The van der Waals surface area contributed by atoms with E-state index in [4.69, 9.17) is 14.6 Å². The second kappa shape index (κ2) is 4.13. The zero-order valence-corrected chi connectivity index (χ0v) is 8.58. The molecule has 0 aliphatic heterocycles. The molecule has 0 amide bonds. The van der Waals surface area contributed by atoms with Gasteiger partial charge in [0.05, 0.1) is 17.4 Å². The van der Waals surface area contributed by atoms with E-state index in [0.29, 0.717) is 11.3 Å². The molecule has 17 heavy (non-hydrogen) atoms. The molecule has 2 rings (SSSR count). The summed E-state index contributed by atoms with van der Waals surface area (Å²) in [7, 11) is 0. The summed E-state index contributed by atoms with van der Waals surface area (Å²) in [5.41, 5.74) is 0.250. The Kier molecular flexibility index (Phi) is 2.66. The first kappa shape index (κ1) is 10.9. The first-order valence-electron chi connectivity index (χ1n) is 4.73. The number of hydrogen-bond donors (Lipinski definition) is 2. The van der Waals surface area contributed by atoms with Crippen LogP contribution in [0.5, 0.6) is 0 Å². The number of carbonyl (C=O) groups is 2. The lowest BCUT2D eigenvalue weighted by atomic mass is 10.0. The summed E-state index contributed by atoms with van der Waals surface area (Å²) in [6.07, 6.45) is 1.43. The van der Waals surface area contributed by atoms with Gasteiger partial charge in [0.25, 0.3) is 0 Å². The van der Waals surface area contributed by atoms with Gasteiger partial charge in [0.2, 0.25) is 0 Å². The van der Waals surface area contributed by atoms with Crippen LogP contribution in [0.25, 0.3) is 11.3 Å². The van der Waals surface area contributed by atoms with Gasteiger partial charge in [-0.3, -0.25) is 0 Å². The summed E-state index contributed by atoms with van der Waals surface area (Å²) in [4.78, 5) is 21.7. The van der Waals surface area contributed by atoms with E-state index in [1.54, 1.807) is 12.1 Å². The van der Waals surface area contributed by atoms with Crippen molar-refractivity contribution in [1.29, 1.82) is 0 Å². The molecule has 0 spiro atoms. The number of aromatic carboxylic acids is 2. The van der Waals surface area contributed by atoms with E-state index >= 15 is 0 Å². The van der Waals surface area contributed by atoms with Gasteiger partial charge in [-0.15, -0.1) is 0 Å². The summed E-state index contributed by atoms with van der Waals surface area (Å²) in [5, 5.41) is 17.8. The molecule has 2 N–H and O–H groups in total. The molecule has 1 heterocycles. The van der Waals surface area contributed by atoms with Crippen molar-refractivity contribution in [1.82, 2.24) is 0 Å². The second-order valence-corrected chi connectivity index (χ2v) is 3.39. The maximum Gasteiger partial charge on any atom is 0.335 e. The summed E-state index contributed by atoms with van der Waals surface area (Å²) in [5.74, 6) is -1.93. The molecule has 0 fully saturated rings. The normalized spacial score (nSPS) is 10.1. The second-order valence-electron chi connectivity index (χ2n) is 3.39. The number of benzene rings is 1. The Morgan fingerprint density at radius 1 is 1.00 bits per heavy atom. The summed E-state index contributed by atoms with van der Waals surface area (Å²) in [6, 6.07) is 7.12. The van der Waals surface area contributed by atoms with E-state index in [0.717, 1.165) is 6.07 Å². The average Bonchev–Trinajstić information content (AvgIpc) is 2.81. The van der Waals surface area contributed by atoms with Crippen LogP contribution in [-0.2, 0) is 0 Å². The van der Waals surface area contributed by atoms with E-state index in [9.17, 15) is 9.59 Å². The van der Waals surface area contributed by atoms with Gasteiger partial charge in [0, 0.05) is 5.56 Å². The molecule has 0 aliphatic carbocycles. The van der Waals surface area contributed by atoms with Crippen molar-refractivity contribution in [3.8, 4) is 11.3 Å². The van der Waals surface area contributed by atoms with Crippen LogP contribution >= 0.6 is 0 Å². The first-order chi connectivity index (χ1) is 8.08. The lowest BCUT2D eigenvalue weighted by Gasteiger charge is -2.02. The lowest BCUT2D eigenvalue weighted by molar-refractivity contribution is 0.0696. The first-order valence-corrected chi connectivity index (χ1v) is 4.73. The Balaban J connectivity index is 2.60. The molecule has 2 aromatic rings. The Labute approximate surface area is 95.9 Å². The molecule has 0 unspecified atom stereocenters. The van der Waals surface area contributed by atoms with Crippen molar-refractivity contribution in [2.45, 2.75) is 0 Å². The minimum absolute atomic E-state index is 0.0868. The van der Waals surface area contributed by atoms with Crippen molar-refractivity contribution >= 4 is 11.9 Å².